The third-order valence-corrected chi connectivity index (χ3v) is 8.79. The molecule has 2 aromatic rings. The second kappa shape index (κ2) is 9.16. The molecule has 3 aliphatic rings. The van der Waals surface area contributed by atoms with Crippen molar-refractivity contribution < 1.29 is 14.0 Å². The van der Waals surface area contributed by atoms with Crippen LogP contribution < -0.4 is 5.32 Å². The van der Waals surface area contributed by atoms with Crippen LogP contribution in [0.25, 0.3) is 0 Å². The summed E-state index contributed by atoms with van der Waals surface area (Å²) in [5, 5.41) is 3.02. The summed E-state index contributed by atoms with van der Waals surface area (Å²) < 4.78 is 13.6. The van der Waals surface area contributed by atoms with Crippen LogP contribution in [0.15, 0.2) is 48.5 Å². The van der Waals surface area contributed by atoms with Crippen LogP contribution in [0, 0.1) is 18.2 Å². The molecule has 1 saturated carbocycles. The third kappa shape index (κ3) is 4.14. The molecule has 1 atom stereocenters. The van der Waals surface area contributed by atoms with E-state index in [1.165, 1.54) is 24.1 Å². The molecule has 0 aromatic heterocycles. The molecule has 5 heteroatoms. The second-order valence-corrected chi connectivity index (χ2v) is 10.7. The topological polar surface area (TPSA) is 49.4 Å². The maximum absolute atomic E-state index is 14.1. The van der Waals surface area contributed by atoms with Gasteiger partial charge in [-0.1, -0.05) is 61.2 Å². The highest BCUT2D eigenvalue weighted by Gasteiger charge is 2.49. The number of amides is 2. The number of likely N-dealkylation sites (tertiary alicyclic amines) is 1. The van der Waals surface area contributed by atoms with Crippen LogP contribution in [0.1, 0.15) is 74.0 Å². The van der Waals surface area contributed by atoms with Gasteiger partial charge in [0.2, 0.25) is 11.8 Å². The van der Waals surface area contributed by atoms with Crippen molar-refractivity contribution in [1.29, 1.82) is 0 Å². The van der Waals surface area contributed by atoms with Crippen molar-refractivity contribution in [2.45, 2.75) is 69.6 Å². The average Bonchev–Trinajstić information content (AvgIpc) is 2.86. The van der Waals surface area contributed by atoms with E-state index in [-0.39, 0.29) is 29.0 Å². The molecule has 4 nitrogen and oxygen atoms in total. The molecule has 1 N–H and O–H groups in total. The van der Waals surface area contributed by atoms with Gasteiger partial charge in [-0.3, -0.25) is 9.59 Å². The summed E-state index contributed by atoms with van der Waals surface area (Å²) in [5.41, 5.74) is 2.84. The zero-order valence-corrected chi connectivity index (χ0v) is 20.1. The van der Waals surface area contributed by atoms with Gasteiger partial charge in [-0.25, -0.2) is 4.39 Å². The van der Waals surface area contributed by atoms with Gasteiger partial charge in [0, 0.05) is 32.0 Å². The number of nitrogens with zero attached hydrogens (tertiary/aromatic N) is 1. The largest absolute Gasteiger partial charge is 0.355 e. The third-order valence-electron chi connectivity index (χ3n) is 8.79. The highest BCUT2D eigenvalue weighted by atomic mass is 19.1. The summed E-state index contributed by atoms with van der Waals surface area (Å²) in [6, 6.07) is 15.3. The van der Waals surface area contributed by atoms with E-state index in [4.69, 9.17) is 0 Å². The summed E-state index contributed by atoms with van der Waals surface area (Å²) in [7, 11) is 0. The van der Waals surface area contributed by atoms with Gasteiger partial charge in [0.15, 0.2) is 0 Å². The lowest BCUT2D eigenvalue weighted by molar-refractivity contribution is -0.142. The first-order chi connectivity index (χ1) is 16.4. The molecule has 1 aliphatic carbocycles. The summed E-state index contributed by atoms with van der Waals surface area (Å²) in [5.74, 6) is 0.252. The van der Waals surface area contributed by atoms with E-state index in [1.54, 1.807) is 0 Å². The Kier molecular flexibility index (Phi) is 6.22. The molecule has 2 aliphatic heterocycles. The molecule has 5 rings (SSSR count). The normalized spacial score (nSPS) is 24.0. The smallest absolute Gasteiger partial charge is 0.233 e. The number of benzene rings is 2. The number of carbonyl (C=O) groups is 2. The van der Waals surface area contributed by atoms with Gasteiger partial charge < -0.3 is 10.2 Å². The molecule has 3 fully saturated rings. The second-order valence-electron chi connectivity index (χ2n) is 10.7. The lowest BCUT2D eigenvalue weighted by Gasteiger charge is -2.50. The molecule has 34 heavy (non-hydrogen) atoms. The Labute approximate surface area is 201 Å². The van der Waals surface area contributed by atoms with E-state index < -0.39 is 5.41 Å². The molecule has 1 spiro atoms. The van der Waals surface area contributed by atoms with Crippen LogP contribution >= 0.6 is 0 Å². The van der Waals surface area contributed by atoms with E-state index in [0.717, 1.165) is 49.7 Å². The molecule has 2 heterocycles. The zero-order valence-electron chi connectivity index (χ0n) is 20.1. The fourth-order valence-electron chi connectivity index (χ4n) is 6.74. The van der Waals surface area contributed by atoms with Crippen molar-refractivity contribution in [3.8, 4) is 0 Å². The molecule has 2 aromatic carbocycles. The van der Waals surface area contributed by atoms with Crippen LogP contribution in [0.2, 0.25) is 0 Å². The minimum absolute atomic E-state index is 0.0848. The van der Waals surface area contributed by atoms with Crippen molar-refractivity contribution in [2.24, 2.45) is 5.41 Å². The lowest BCUT2D eigenvalue weighted by atomic mass is 9.62. The van der Waals surface area contributed by atoms with Crippen molar-refractivity contribution >= 4 is 11.8 Å². The quantitative estimate of drug-likeness (QED) is 0.677. The molecule has 0 bridgehead atoms. The van der Waals surface area contributed by atoms with Gasteiger partial charge in [-0.05, 0) is 61.3 Å². The summed E-state index contributed by atoms with van der Waals surface area (Å²) >= 11 is 0. The lowest BCUT2D eigenvalue weighted by Crippen LogP contribution is -2.56. The van der Waals surface area contributed by atoms with E-state index in [1.807, 2.05) is 12.1 Å². The number of hydrogen-bond acceptors (Lipinski definition) is 2. The number of rotatable bonds is 3. The molecular weight excluding hydrogens is 427 g/mol. The maximum Gasteiger partial charge on any atom is 0.233 e. The SMILES string of the molecule is Cc1ccc(C2(C(=O)N3CCC4(CC3)CC(=O)NC[C@@H]4c3ccc(F)cc3)CCCCC2)cc1. The van der Waals surface area contributed by atoms with Crippen molar-refractivity contribution in [3.63, 3.8) is 0 Å². The predicted octanol–water partition coefficient (Wildman–Crippen LogP) is 5.25. The Morgan fingerprint density at radius 2 is 1.59 bits per heavy atom. The highest BCUT2D eigenvalue weighted by Crippen LogP contribution is 2.50. The van der Waals surface area contributed by atoms with Crippen molar-refractivity contribution in [1.82, 2.24) is 10.2 Å². The molecular formula is C29H35FN2O2. The first kappa shape index (κ1) is 23.1. The van der Waals surface area contributed by atoms with Gasteiger partial charge in [0.25, 0.3) is 0 Å². The van der Waals surface area contributed by atoms with Gasteiger partial charge in [0.05, 0.1) is 5.41 Å². The Morgan fingerprint density at radius 3 is 2.24 bits per heavy atom. The molecule has 0 unspecified atom stereocenters. The van der Waals surface area contributed by atoms with Gasteiger partial charge in [0.1, 0.15) is 5.82 Å². The zero-order chi connectivity index (χ0) is 23.8. The van der Waals surface area contributed by atoms with Crippen LogP contribution in [0.5, 0.6) is 0 Å². The van der Waals surface area contributed by atoms with Crippen molar-refractivity contribution in [3.05, 3.63) is 71.0 Å². The number of carbonyl (C=O) groups excluding carboxylic acids is 2. The Morgan fingerprint density at radius 1 is 0.941 bits per heavy atom. The number of hydrogen-bond donors (Lipinski definition) is 1. The highest BCUT2D eigenvalue weighted by molar-refractivity contribution is 5.88. The minimum atomic E-state index is -0.420. The standard InChI is InChI=1S/C29H35FN2O2/c1-21-5-9-23(10-6-21)29(13-3-2-4-14-29)27(34)32-17-15-28(16-18-32)19-26(33)31-20-25(28)22-7-11-24(30)12-8-22/h5-12,25H,2-4,13-20H2,1H3,(H,31,33)/t25-/m1/s1. The van der Waals surface area contributed by atoms with E-state index in [2.05, 4.69) is 41.4 Å². The number of halogens is 1. The fraction of sp³-hybridized carbons (Fsp3) is 0.517. The van der Waals surface area contributed by atoms with Crippen LogP contribution in [-0.4, -0.2) is 36.3 Å². The monoisotopic (exact) mass is 462 g/mol. The van der Waals surface area contributed by atoms with Gasteiger partial charge >= 0.3 is 0 Å². The Balaban J connectivity index is 1.38. The summed E-state index contributed by atoms with van der Waals surface area (Å²) in [6.45, 7) is 4.02. The maximum atomic E-state index is 14.1. The summed E-state index contributed by atoms with van der Waals surface area (Å²) in [4.78, 5) is 28.6. The van der Waals surface area contributed by atoms with E-state index in [9.17, 15) is 14.0 Å². The summed E-state index contributed by atoms with van der Waals surface area (Å²) in [6.07, 6.45) is 7.28. The molecule has 2 amide bonds. The number of piperidine rings is 2. The minimum Gasteiger partial charge on any atom is -0.355 e. The Bertz CT molecular complexity index is 1030. The van der Waals surface area contributed by atoms with Crippen molar-refractivity contribution in [2.75, 3.05) is 19.6 Å². The van der Waals surface area contributed by atoms with E-state index >= 15 is 0 Å². The van der Waals surface area contributed by atoms with Crippen LogP contribution in [0.4, 0.5) is 4.39 Å². The van der Waals surface area contributed by atoms with E-state index in [0.29, 0.717) is 26.1 Å². The number of aryl methyl sites for hydroxylation is 1. The first-order valence-electron chi connectivity index (χ1n) is 12.8. The van der Waals surface area contributed by atoms with Gasteiger partial charge in [-0.2, -0.15) is 0 Å². The fourth-order valence-corrected chi connectivity index (χ4v) is 6.74. The average molecular weight is 463 g/mol. The van der Waals surface area contributed by atoms with Crippen LogP contribution in [0.3, 0.4) is 0 Å². The molecule has 0 radical (unpaired) electrons. The van der Waals surface area contributed by atoms with Gasteiger partial charge in [-0.15, -0.1) is 0 Å². The predicted molar refractivity (Wildman–Crippen MR) is 131 cm³/mol. The number of nitrogens with one attached hydrogen (secondary N) is 1. The first-order valence-corrected chi connectivity index (χ1v) is 12.8. The molecule has 2 saturated heterocycles. The van der Waals surface area contributed by atoms with Crippen LogP contribution in [-0.2, 0) is 15.0 Å². The molecule has 180 valence electrons. The Hall–Kier alpha value is -2.69.